The first-order valence-corrected chi connectivity index (χ1v) is 7.18. The fourth-order valence-electron chi connectivity index (χ4n) is 2.14. The number of allylic oxidation sites excluding steroid dienone is 1. The predicted molar refractivity (Wildman–Crippen MR) is 75.5 cm³/mol. The van der Waals surface area contributed by atoms with Crippen molar-refractivity contribution in [2.24, 2.45) is 11.0 Å². The molecule has 0 radical (unpaired) electrons. The molecule has 2 aliphatic rings. The zero-order chi connectivity index (χ0) is 13.1. The number of amides is 1. The molecule has 1 amide bonds. The lowest BCUT2D eigenvalue weighted by molar-refractivity contribution is -0.123. The fourth-order valence-corrected chi connectivity index (χ4v) is 3.06. The molecular weight excluding hydrogens is 260 g/mol. The van der Waals surface area contributed by atoms with Gasteiger partial charge < -0.3 is 5.32 Å². The van der Waals surface area contributed by atoms with E-state index in [-0.39, 0.29) is 17.9 Å². The standard InChI is InChI=1S/C13H14N4OS/c18-13(15-7-9-3-1-2-5-14-9)12-10-8-19-6-4-11(10)16-17-12/h1-6,10,12,17H,7-8H2,(H,15,18). The Bertz CT molecular complexity index is 529. The van der Waals surface area contributed by atoms with E-state index in [1.54, 1.807) is 18.0 Å². The second-order valence-electron chi connectivity index (χ2n) is 4.42. The highest BCUT2D eigenvalue weighted by Crippen LogP contribution is 2.25. The van der Waals surface area contributed by atoms with Crippen LogP contribution in [-0.2, 0) is 11.3 Å². The van der Waals surface area contributed by atoms with Gasteiger partial charge in [-0.25, -0.2) is 0 Å². The average molecular weight is 274 g/mol. The fraction of sp³-hybridized carbons (Fsp3) is 0.308. The molecule has 5 nitrogen and oxygen atoms in total. The quantitative estimate of drug-likeness (QED) is 0.859. The number of carbonyl (C=O) groups excluding carboxylic acids is 1. The molecule has 0 saturated heterocycles. The first-order valence-electron chi connectivity index (χ1n) is 6.13. The third kappa shape index (κ3) is 2.63. The summed E-state index contributed by atoms with van der Waals surface area (Å²) >= 11 is 1.71. The Morgan fingerprint density at radius 3 is 3.32 bits per heavy atom. The largest absolute Gasteiger partial charge is 0.349 e. The van der Waals surface area contributed by atoms with E-state index in [0.717, 1.165) is 17.2 Å². The zero-order valence-corrected chi connectivity index (χ0v) is 11.1. The first kappa shape index (κ1) is 12.2. The Labute approximate surface area is 115 Å². The van der Waals surface area contributed by atoms with Gasteiger partial charge in [-0.05, 0) is 23.6 Å². The molecular formula is C13H14N4OS. The maximum atomic E-state index is 12.2. The van der Waals surface area contributed by atoms with Crippen LogP contribution in [0.5, 0.6) is 0 Å². The summed E-state index contributed by atoms with van der Waals surface area (Å²) in [6, 6.07) is 5.39. The molecule has 2 unspecified atom stereocenters. The number of hydrogen-bond donors (Lipinski definition) is 2. The maximum absolute atomic E-state index is 12.2. The van der Waals surface area contributed by atoms with Crippen LogP contribution in [0.25, 0.3) is 0 Å². The van der Waals surface area contributed by atoms with Crippen molar-refractivity contribution < 1.29 is 4.79 Å². The lowest BCUT2D eigenvalue weighted by Gasteiger charge is -2.20. The smallest absolute Gasteiger partial charge is 0.245 e. The monoisotopic (exact) mass is 274 g/mol. The molecule has 1 aromatic rings. The number of hydrogen-bond acceptors (Lipinski definition) is 5. The molecule has 3 heterocycles. The minimum absolute atomic E-state index is 0.0229. The summed E-state index contributed by atoms with van der Waals surface area (Å²) in [5, 5.41) is 9.13. The van der Waals surface area contributed by atoms with Crippen LogP contribution in [0, 0.1) is 5.92 Å². The predicted octanol–water partition coefficient (Wildman–Crippen LogP) is 0.902. The van der Waals surface area contributed by atoms with Crippen LogP contribution in [0.2, 0.25) is 0 Å². The van der Waals surface area contributed by atoms with Crippen LogP contribution in [0.4, 0.5) is 0 Å². The Morgan fingerprint density at radius 2 is 2.47 bits per heavy atom. The van der Waals surface area contributed by atoms with Gasteiger partial charge in [0.2, 0.25) is 5.91 Å². The lowest BCUT2D eigenvalue weighted by Crippen LogP contribution is -2.45. The molecule has 0 aliphatic carbocycles. The van der Waals surface area contributed by atoms with Crippen molar-refractivity contribution >= 4 is 23.4 Å². The minimum atomic E-state index is -0.267. The second-order valence-corrected chi connectivity index (χ2v) is 5.36. The summed E-state index contributed by atoms with van der Waals surface area (Å²) < 4.78 is 0. The van der Waals surface area contributed by atoms with E-state index in [9.17, 15) is 4.79 Å². The zero-order valence-electron chi connectivity index (χ0n) is 10.2. The average Bonchev–Trinajstić information content (AvgIpc) is 2.90. The third-order valence-corrected chi connectivity index (χ3v) is 4.06. The lowest BCUT2D eigenvalue weighted by atomic mass is 9.97. The molecule has 98 valence electrons. The second kappa shape index (κ2) is 5.44. The maximum Gasteiger partial charge on any atom is 0.245 e. The van der Waals surface area contributed by atoms with Gasteiger partial charge in [0, 0.05) is 17.9 Å². The van der Waals surface area contributed by atoms with Gasteiger partial charge in [0.25, 0.3) is 0 Å². The van der Waals surface area contributed by atoms with E-state index >= 15 is 0 Å². The van der Waals surface area contributed by atoms with Crippen molar-refractivity contribution in [2.75, 3.05) is 5.75 Å². The normalized spacial score (nSPS) is 24.3. The minimum Gasteiger partial charge on any atom is -0.349 e. The van der Waals surface area contributed by atoms with Crippen molar-refractivity contribution in [1.82, 2.24) is 15.7 Å². The number of nitrogens with one attached hydrogen (secondary N) is 2. The molecule has 0 bridgehead atoms. The van der Waals surface area contributed by atoms with Crippen LogP contribution in [-0.4, -0.2) is 28.4 Å². The molecule has 2 aliphatic heterocycles. The van der Waals surface area contributed by atoms with Gasteiger partial charge >= 0.3 is 0 Å². The molecule has 0 fully saturated rings. The number of fused-ring (bicyclic) bond motifs is 1. The molecule has 2 N–H and O–H groups in total. The van der Waals surface area contributed by atoms with E-state index in [2.05, 4.69) is 20.8 Å². The van der Waals surface area contributed by atoms with Gasteiger partial charge in [-0.2, -0.15) is 5.10 Å². The summed E-state index contributed by atoms with van der Waals surface area (Å²) in [5.41, 5.74) is 4.75. The summed E-state index contributed by atoms with van der Waals surface area (Å²) in [5.74, 6) is 1.04. The number of aromatic nitrogens is 1. The van der Waals surface area contributed by atoms with Gasteiger partial charge in [-0.1, -0.05) is 6.07 Å². The topological polar surface area (TPSA) is 66.4 Å². The molecule has 6 heteroatoms. The number of thioether (sulfide) groups is 1. The van der Waals surface area contributed by atoms with Gasteiger partial charge in [0.15, 0.2) is 0 Å². The number of rotatable bonds is 3. The highest BCUT2D eigenvalue weighted by Gasteiger charge is 2.36. The Kier molecular flexibility index (Phi) is 3.50. The van der Waals surface area contributed by atoms with Crippen molar-refractivity contribution in [2.45, 2.75) is 12.6 Å². The number of carbonyl (C=O) groups is 1. The highest BCUT2D eigenvalue weighted by atomic mass is 32.2. The number of nitrogens with zero attached hydrogens (tertiary/aromatic N) is 2. The van der Waals surface area contributed by atoms with Gasteiger partial charge in [0.05, 0.1) is 18.0 Å². The Morgan fingerprint density at radius 1 is 1.53 bits per heavy atom. The summed E-state index contributed by atoms with van der Waals surface area (Å²) in [6.07, 6.45) is 3.69. The van der Waals surface area contributed by atoms with E-state index in [0.29, 0.717) is 6.54 Å². The summed E-state index contributed by atoms with van der Waals surface area (Å²) in [7, 11) is 0. The van der Waals surface area contributed by atoms with Crippen LogP contribution in [0.3, 0.4) is 0 Å². The SMILES string of the molecule is O=C(NCc1ccccn1)C1NN=C2C=CSCC21. The van der Waals surface area contributed by atoms with E-state index in [4.69, 9.17) is 0 Å². The van der Waals surface area contributed by atoms with Gasteiger partial charge in [-0.15, -0.1) is 11.8 Å². The summed E-state index contributed by atoms with van der Waals surface area (Å²) in [4.78, 5) is 16.3. The van der Waals surface area contributed by atoms with Crippen molar-refractivity contribution in [1.29, 1.82) is 0 Å². The van der Waals surface area contributed by atoms with Gasteiger partial charge in [0.1, 0.15) is 6.04 Å². The molecule has 19 heavy (non-hydrogen) atoms. The van der Waals surface area contributed by atoms with Crippen molar-refractivity contribution in [3.05, 3.63) is 41.6 Å². The van der Waals surface area contributed by atoms with Crippen LogP contribution < -0.4 is 10.7 Å². The molecule has 1 aromatic heterocycles. The highest BCUT2D eigenvalue weighted by molar-refractivity contribution is 8.02. The van der Waals surface area contributed by atoms with Crippen molar-refractivity contribution in [3.8, 4) is 0 Å². The number of pyridine rings is 1. The van der Waals surface area contributed by atoms with Crippen LogP contribution in [0.1, 0.15) is 5.69 Å². The van der Waals surface area contributed by atoms with Crippen molar-refractivity contribution in [3.63, 3.8) is 0 Å². The van der Waals surface area contributed by atoms with E-state index in [1.165, 1.54) is 0 Å². The van der Waals surface area contributed by atoms with E-state index < -0.39 is 0 Å². The summed E-state index contributed by atoms with van der Waals surface area (Å²) in [6.45, 7) is 0.447. The molecule has 2 atom stereocenters. The molecule has 0 spiro atoms. The van der Waals surface area contributed by atoms with Crippen LogP contribution >= 0.6 is 11.8 Å². The van der Waals surface area contributed by atoms with Gasteiger partial charge in [-0.3, -0.25) is 15.2 Å². The number of hydrazone groups is 1. The molecule has 3 rings (SSSR count). The Hall–Kier alpha value is -1.82. The molecule has 0 aromatic carbocycles. The van der Waals surface area contributed by atoms with Crippen LogP contribution in [0.15, 0.2) is 41.0 Å². The Balaban J connectivity index is 1.58. The molecule has 0 saturated carbocycles. The van der Waals surface area contributed by atoms with E-state index in [1.807, 2.05) is 29.7 Å². The first-order chi connectivity index (χ1) is 9.34. The third-order valence-electron chi connectivity index (χ3n) is 3.18.